The van der Waals surface area contributed by atoms with Crippen molar-refractivity contribution in [1.82, 2.24) is 0 Å². The number of anilines is 1. The molecule has 6 heteroatoms. The molecule has 0 unspecified atom stereocenters. The van der Waals surface area contributed by atoms with Crippen LogP contribution in [0.15, 0.2) is 48.5 Å². The third-order valence-corrected chi connectivity index (χ3v) is 2.91. The number of alkyl halides is 3. The molecule has 0 aliphatic rings. The second-order valence-electron chi connectivity index (χ2n) is 4.01. The van der Waals surface area contributed by atoms with E-state index < -0.39 is 17.6 Å². The lowest BCUT2D eigenvalue weighted by Gasteiger charge is -2.11. The lowest BCUT2D eigenvalue weighted by molar-refractivity contribution is -0.137. The number of hydrogen-bond donors (Lipinski definition) is 1. The molecule has 2 aromatic carbocycles. The van der Waals surface area contributed by atoms with E-state index in [9.17, 15) is 18.0 Å². The largest absolute Gasteiger partial charge is 0.416 e. The molecule has 0 aliphatic carbocycles. The Kier molecular flexibility index (Phi) is 3.99. The van der Waals surface area contributed by atoms with Crippen LogP contribution in [0.25, 0.3) is 0 Å². The van der Waals surface area contributed by atoms with Crippen molar-refractivity contribution in [3.8, 4) is 0 Å². The van der Waals surface area contributed by atoms with E-state index in [1.165, 1.54) is 0 Å². The standard InChI is InChI=1S/C14H9ClF3NO/c15-11-7-6-10(14(16,17)18)8-12(11)19-13(20)9-4-2-1-3-5-9/h1-8H,(H,19,20). The van der Waals surface area contributed by atoms with E-state index >= 15 is 0 Å². The molecule has 104 valence electrons. The Morgan fingerprint density at radius 3 is 2.30 bits per heavy atom. The van der Waals surface area contributed by atoms with Crippen LogP contribution < -0.4 is 5.32 Å². The monoisotopic (exact) mass is 299 g/mol. The summed E-state index contributed by atoms with van der Waals surface area (Å²) in [5.74, 6) is -0.521. The first-order chi connectivity index (χ1) is 9.38. The number of amides is 1. The third kappa shape index (κ3) is 3.30. The summed E-state index contributed by atoms with van der Waals surface area (Å²) in [7, 11) is 0. The minimum absolute atomic E-state index is 0.0438. The van der Waals surface area contributed by atoms with Gasteiger partial charge < -0.3 is 5.32 Å². The molecule has 20 heavy (non-hydrogen) atoms. The predicted molar refractivity (Wildman–Crippen MR) is 70.8 cm³/mol. The minimum atomic E-state index is -4.49. The number of nitrogens with one attached hydrogen (secondary N) is 1. The highest BCUT2D eigenvalue weighted by Crippen LogP contribution is 2.33. The molecular formula is C14H9ClF3NO. The van der Waals surface area contributed by atoms with Gasteiger partial charge in [-0.15, -0.1) is 0 Å². The zero-order chi connectivity index (χ0) is 14.8. The SMILES string of the molecule is O=C(Nc1cc(C(F)(F)F)ccc1Cl)c1ccccc1. The van der Waals surface area contributed by atoms with E-state index in [1.807, 2.05) is 0 Å². The normalized spacial score (nSPS) is 11.2. The van der Waals surface area contributed by atoms with Crippen LogP contribution >= 0.6 is 11.6 Å². The maximum absolute atomic E-state index is 12.6. The molecule has 0 aromatic heterocycles. The summed E-state index contributed by atoms with van der Waals surface area (Å²) in [5, 5.41) is 2.41. The first kappa shape index (κ1) is 14.4. The fraction of sp³-hybridized carbons (Fsp3) is 0.0714. The molecule has 0 saturated carbocycles. The number of rotatable bonds is 2. The van der Waals surface area contributed by atoms with Gasteiger partial charge in [-0.1, -0.05) is 29.8 Å². The molecule has 1 amide bonds. The minimum Gasteiger partial charge on any atom is -0.321 e. The van der Waals surface area contributed by atoms with Gasteiger partial charge in [-0.05, 0) is 30.3 Å². The number of carbonyl (C=O) groups is 1. The van der Waals surface area contributed by atoms with Crippen LogP contribution in [-0.4, -0.2) is 5.91 Å². The Morgan fingerprint density at radius 1 is 1.05 bits per heavy atom. The molecule has 2 rings (SSSR count). The summed E-state index contributed by atoms with van der Waals surface area (Å²) in [6, 6.07) is 10.9. The van der Waals surface area contributed by atoms with E-state index in [-0.39, 0.29) is 10.7 Å². The molecule has 2 aromatic rings. The van der Waals surface area contributed by atoms with E-state index in [0.717, 1.165) is 18.2 Å². The van der Waals surface area contributed by atoms with Gasteiger partial charge in [-0.3, -0.25) is 4.79 Å². The smallest absolute Gasteiger partial charge is 0.321 e. The lowest BCUT2D eigenvalue weighted by atomic mass is 10.1. The van der Waals surface area contributed by atoms with Gasteiger partial charge in [0.15, 0.2) is 0 Å². The Morgan fingerprint density at radius 2 is 1.70 bits per heavy atom. The highest BCUT2D eigenvalue weighted by Gasteiger charge is 2.31. The van der Waals surface area contributed by atoms with Crippen molar-refractivity contribution in [2.45, 2.75) is 6.18 Å². The molecule has 2 nitrogen and oxygen atoms in total. The summed E-state index contributed by atoms with van der Waals surface area (Å²) in [6.45, 7) is 0. The first-order valence-corrected chi connectivity index (χ1v) is 5.99. The molecule has 1 N–H and O–H groups in total. The van der Waals surface area contributed by atoms with Crippen LogP contribution in [-0.2, 0) is 6.18 Å². The van der Waals surface area contributed by atoms with Gasteiger partial charge in [0, 0.05) is 5.56 Å². The van der Waals surface area contributed by atoms with Gasteiger partial charge in [-0.25, -0.2) is 0 Å². The van der Waals surface area contributed by atoms with Crippen molar-refractivity contribution in [1.29, 1.82) is 0 Å². The van der Waals surface area contributed by atoms with Gasteiger partial charge in [0.1, 0.15) is 0 Å². The summed E-state index contributed by atoms with van der Waals surface area (Å²) < 4.78 is 37.8. The Bertz CT molecular complexity index is 626. The second-order valence-corrected chi connectivity index (χ2v) is 4.42. The van der Waals surface area contributed by atoms with Crippen molar-refractivity contribution < 1.29 is 18.0 Å². The van der Waals surface area contributed by atoms with E-state index in [0.29, 0.717) is 5.56 Å². The molecule has 0 spiro atoms. The van der Waals surface area contributed by atoms with Gasteiger partial charge >= 0.3 is 6.18 Å². The van der Waals surface area contributed by atoms with Crippen molar-refractivity contribution in [3.05, 3.63) is 64.7 Å². The second kappa shape index (κ2) is 5.54. The molecule has 0 aliphatic heterocycles. The predicted octanol–water partition coefficient (Wildman–Crippen LogP) is 4.61. The summed E-state index contributed by atoms with van der Waals surface area (Å²) in [6.07, 6.45) is -4.49. The maximum atomic E-state index is 12.6. The number of hydrogen-bond acceptors (Lipinski definition) is 1. The quantitative estimate of drug-likeness (QED) is 0.862. The molecule has 0 saturated heterocycles. The number of carbonyl (C=O) groups excluding carboxylic acids is 1. The Hall–Kier alpha value is -2.01. The zero-order valence-corrected chi connectivity index (χ0v) is 10.8. The number of halogens is 4. The zero-order valence-electron chi connectivity index (χ0n) is 10.0. The third-order valence-electron chi connectivity index (χ3n) is 2.58. The van der Waals surface area contributed by atoms with Gasteiger partial charge in [0.2, 0.25) is 0 Å². The maximum Gasteiger partial charge on any atom is 0.416 e. The molecule has 0 radical (unpaired) electrons. The molecule has 0 heterocycles. The molecule has 0 fully saturated rings. The summed E-state index contributed by atoms with van der Waals surface area (Å²) >= 11 is 5.80. The van der Waals surface area contributed by atoms with Crippen LogP contribution in [0.4, 0.5) is 18.9 Å². The van der Waals surface area contributed by atoms with Gasteiger partial charge in [0.25, 0.3) is 5.91 Å². The van der Waals surface area contributed by atoms with Crippen molar-refractivity contribution >= 4 is 23.2 Å². The summed E-state index contributed by atoms with van der Waals surface area (Å²) in [5.41, 5.74) is -0.610. The topological polar surface area (TPSA) is 29.1 Å². The number of benzene rings is 2. The molecule has 0 bridgehead atoms. The average molecular weight is 300 g/mol. The van der Waals surface area contributed by atoms with E-state index in [2.05, 4.69) is 5.32 Å². The van der Waals surface area contributed by atoms with E-state index in [1.54, 1.807) is 30.3 Å². The fourth-order valence-electron chi connectivity index (χ4n) is 1.58. The Balaban J connectivity index is 2.27. The van der Waals surface area contributed by atoms with Gasteiger partial charge in [-0.2, -0.15) is 13.2 Å². The lowest BCUT2D eigenvalue weighted by Crippen LogP contribution is -2.13. The van der Waals surface area contributed by atoms with Crippen LogP contribution in [0.2, 0.25) is 5.02 Å². The van der Waals surface area contributed by atoms with Crippen LogP contribution in [0, 0.1) is 0 Å². The molecular weight excluding hydrogens is 291 g/mol. The van der Waals surface area contributed by atoms with Crippen LogP contribution in [0.3, 0.4) is 0 Å². The Labute approximate surface area is 118 Å². The molecule has 0 atom stereocenters. The van der Waals surface area contributed by atoms with Crippen LogP contribution in [0.1, 0.15) is 15.9 Å². The highest BCUT2D eigenvalue weighted by atomic mass is 35.5. The van der Waals surface area contributed by atoms with Crippen molar-refractivity contribution in [2.24, 2.45) is 0 Å². The fourth-order valence-corrected chi connectivity index (χ4v) is 1.75. The summed E-state index contributed by atoms with van der Waals surface area (Å²) in [4.78, 5) is 11.9. The van der Waals surface area contributed by atoms with Gasteiger partial charge in [0.05, 0.1) is 16.3 Å². The van der Waals surface area contributed by atoms with Crippen molar-refractivity contribution in [2.75, 3.05) is 5.32 Å². The highest BCUT2D eigenvalue weighted by molar-refractivity contribution is 6.34. The van der Waals surface area contributed by atoms with Crippen molar-refractivity contribution in [3.63, 3.8) is 0 Å². The first-order valence-electron chi connectivity index (χ1n) is 5.61. The van der Waals surface area contributed by atoms with Crippen LogP contribution in [0.5, 0.6) is 0 Å². The average Bonchev–Trinajstić information content (AvgIpc) is 2.41. The van der Waals surface area contributed by atoms with E-state index in [4.69, 9.17) is 11.6 Å².